The predicted molar refractivity (Wildman–Crippen MR) is 112 cm³/mol. The molecule has 196 valence electrons. The Labute approximate surface area is 209 Å². The summed E-state index contributed by atoms with van der Waals surface area (Å²) in [4.78, 5) is 113. The smallest absolute Gasteiger partial charge is 0.330 e. The molecule has 0 aromatic rings. The van der Waals surface area contributed by atoms with Crippen LogP contribution in [0.25, 0.3) is 0 Å². The van der Waals surface area contributed by atoms with Crippen LogP contribution in [-0.4, -0.2) is 102 Å². The highest BCUT2D eigenvalue weighted by molar-refractivity contribution is 6.36. The van der Waals surface area contributed by atoms with Crippen LogP contribution in [0.2, 0.25) is 0 Å². The number of hydrogen-bond acceptors (Lipinski definition) is 12. The van der Waals surface area contributed by atoms with Crippen molar-refractivity contribution in [2.45, 2.75) is 12.5 Å². The number of imide groups is 4. The van der Waals surface area contributed by atoms with E-state index < -0.39 is 71.5 Å². The van der Waals surface area contributed by atoms with E-state index in [9.17, 15) is 58.2 Å². The Bertz CT molecular complexity index is 1160. The van der Waals surface area contributed by atoms with Crippen molar-refractivity contribution in [2.75, 3.05) is 0 Å². The lowest BCUT2D eigenvalue weighted by atomic mass is 10.3. The molecule has 4 heterocycles. The van der Waals surface area contributed by atoms with Gasteiger partial charge in [0.15, 0.2) is 12.5 Å². The van der Waals surface area contributed by atoms with E-state index in [0.717, 1.165) is 48.6 Å². The Hall–Kier alpha value is -5.62. The first-order valence-corrected chi connectivity index (χ1v) is 10.0. The first-order valence-electron chi connectivity index (χ1n) is 10.0. The molecule has 18 heteroatoms. The number of carbonyl (C=O) groups is 10. The van der Waals surface area contributed by atoms with E-state index in [1.54, 1.807) is 10.9 Å². The van der Waals surface area contributed by atoms with Crippen LogP contribution in [-0.2, 0) is 47.9 Å². The fourth-order valence-corrected chi connectivity index (χ4v) is 2.94. The highest BCUT2D eigenvalue weighted by Gasteiger charge is 2.41. The van der Waals surface area contributed by atoms with Gasteiger partial charge in [-0.25, -0.2) is 20.7 Å². The van der Waals surface area contributed by atoms with Gasteiger partial charge in [-0.3, -0.25) is 47.9 Å². The van der Waals surface area contributed by atoms with Gasteiger partial charge >= 0.3 is 11.8 Å². The van der Waals surface area contributed by atoms with Crippen LogP contribution < -0.4 is 10.9 Å². The average molecular weight is 530 g/mol. The first kappa shape index (κ1) is 27.0. The van der Waals surface area contributed by atoms with Crippen molar-refractivity contribution in [1.82, 2.24) is 30.7 Å². The van der Waals surface area contributed by atoms with Crippen molar-refractivity contribution in [1.29, 1.82) is 0 Å². The third kappa shape index (κ3) is 5.29. The molecule has 0 aromatic heterocycles. The molecule has 0 aliphatic carbocycles. The molecular weight excluding hydrogens is 516 g/mol. The minimum Gasteiger partial charge on any atom is -0.369 e. The fourth-order valence-electron chi connectivity index (χ4n) is 2.94. The highest BCUT2D eigenvalue weighted by Crippen LogP contribution is 2.16. The number of amides is 10. The molecule has 0 fully saturated rings. The van der Waals surface area contributed by atoms with Crippen LogP contribution in [0.15, 0.2) is 48.6 Å². The quantitative estimate of drug-likeness (QED) is 0.192. The summed E-state index contributed by atoms with van der Waals surface area (Å²) in [5.41, 5.74) is 3.47. The van der Waals surface area contributed by atoms with Crippen LogP contribution in [0, 0.1) is 0 Å². The van der Waals surface area contributed by atoms with Gasteiger partial charge in [-0.1, -0.05) is 0 Å². The molecule has 38 heavy (non-hydrogen) atoms. The fraction of sp³-hybridized carbons (Fsp3) is 0.100. The summed E-state index contributed by atoms with van der Waals surface area (Å²) >= 11 is 0. The molecule has 0 saturated carbocycles. The van der Waals surface area contributed by atoms with Crippen LogP contribution in [0.1, 0.15) is 0 Å². The maximum absolute atomic E-state index is 11.4. The molecule has 0 bridgehead atoms. The number of hydrogen-bond donors (Lipinski definition) is 4. The summed E-state index contributed by atoms with van der Waals surface area (Å²) in [5, 5.41) is 20.0. The number of aliphatic hydroxyl groups is 2. The molecule has 18 nitrogen and oxygen atoms in total. The highest BCUT2D eigenvalue weighted by atomic mass is 16.4. The van der Waals surface area contributed by atoms with E-state index in [1.807, 2.05) is 0 Å². The maximum atomic E-state index is 11.4. The third-order valence-corrected chi connectivity index (χ3v) is 4.73. The Kier molecular flexibility index (Phi) is 7.49. The second-order valence-electron chi connectivity index (χ2n) is 7.16. The zero-order valence-corrected chi connectivity index (χ0v) is 18.5. The van der Waals surface area contributed by atoms with Gasteiger partial charge < -0.3 is 10.2 Å². The Morgan fingerprint density at radius 2 is 0.684 bits per heavy atom. The van der Waals surface area contributed by atoms with Crippen LogP contribution in [0.5, 0.6) is 0 Å². The molecule has 10 amide bonds. The minimum absolute atomic E-state index is 0.313. The molecule has 4 rings (SSSR count). The van der Waals surface area contributed by atoms with Crippen molar-refractivity contribution in [3.63, 3.8) is 0 Å². The van der Waals surface area contributed by atoms with Crippen LogP contribution >= 0.6 is 0 Å². The Morgan fingerprint density at radius 1 is 0.474 bits per heavy atom. The van der Waals surface area contributed by atoms with Gasteiger partial charge in [0.2, 0.25) is 0 Å². The van der Waals surface area contributed by atoms with Crippen LogP contribution in [0.4, 0.5) is 0 Å². The zero-order chi connectivity index (χ0) is 28.3. The maximum Gasteiger partial charge on any atom is 0.330 e. The average Bonchev–Trinajstić information content (AvgIpc) is 3.58. The monoisotopic (exact) mass is 530 g/mol. The molecule has 2 unspecified atom stereocenters. The molecule has 0 aromatic carbocycles. The molecule has 4 aliphatic heterocycles. The number of rotatable bonds is 5. The van der Waals surface area contributed by atoms with E-state index in [4.69, 9.17) is 0 Å². The van der Waals surface area contributed by atoms with E-state index >= 15 is 0 Å². The number of hydrazine groups is 2. The third-order valence-electron chi connectivity index (χ3n) is 4.73. The summed E-state index contributed by atoms with van der Waals surface area (Å²) in [6.07, 6.45) is 3.22. The molecular formula is C20H14N6O12. The second kappa shape index (κ2) is 10.6. The lowest BCUT2D eigenvalue weighted by Crippen LogP contribution is -2.55. The molecule has 0 spiro atoms. The van der Waals surface area contributed by atoms with Crippen molar-refractivity contribution >= 4 is 59.1 Å². The lowest BCUT2D eigenvalue weighted by Gasteiger charge is -2.30. The van der Waals surface area contributed by atoms with Crippen molar-refractivity contribution < 1.29 is 58.2 Å². The van der Waals surface area contributed by atoms with E-state index in [1.165, 1.54) is 0 Å². The minimum atomic E-state index is -2.01. The van der Waals surface area contributed by atoms with Crippen molar-refractivity contribution in [3.8, 4) is 0 Å². The standard InChI is InChI=1S/C10H6N4O6.C10H8N2O6/c15-5-1-2-6(16)13(5)11-9(19)10(20)12-14-7(17)3-4-8(14)18;13-5-1-2-6(14)11(5)9(17)10(18)12-7(15)3-4-8(12)16/h1-4H,(H,11,19)(H,12,20);1-4,9-10,17-18H. The topological polar surface area (TPSA) is 248 Å². The number of carbonyl (C=O) groups excluding carboxylic acids is 10. The number of nitrogens with zero attached hydrogens (tertiary/aromatic N) is 4. The van der Waals surface area contributed by atoms with E-state index in [0.29, 0.717) is 19.8 Å². The molecule has 4 N–H and O–H groups in total. The summed E-state index contributed by atoms with van der Waals surface area (Å²) in [5.74, 6) is -9.42. The molecule has 0 saturated heterocycles. The number of aliphatic hydroxyl groups excluding tert-OH is 2. The largest absolute Gasteiger partial charge is 0.369 e. The van der Waals surface area contributed by atoms with Gasteiger partial charge in [0.25, 0.3) is 47.3 Å². The normalized spacial score (nSPS) is 19.6. The molecule has 4 aliphatic rings. The van der Waals surface area contributed by atoms with Gasteiger partial charge in [-0.05, 0) is 0 Å². The van der Waals surface area contributed by atoms with Crippen LogP contribution in [0.3, 0.4) is 0 Å². The predicted octanol–water partition coefficient (Wildman–Crippen LogP) is -5.63. The van der Waals surface area contributed by atoms with E-state index in [2.05, 4.69) is 0 Å². The summed E-state index contributed by atoms with van der Waals surface area (Å²) in [6.45, 7) is 0. The lowest BCUT2D eigenvalue weighted by molar-refractivity contribution is -0.179. The summed E-state index contributed by atoms with van der Waals surface area (Å²) < 4.78 is 0. The number of nitrogens with one attached hydrogen (secondary N) is 2. The van der Waals surface area contributed by atoms with Gasteiger partial charge in [-0.2, -0.15) is 10.0 Å². The van der Waals surface area contributed by atoms with Gasteiger partial charge in [-0.15, -0.1) is 0 Å². The zero-order valence-electron chi connectivity index (χ0n) is 18.5. The summed E-state index contributed by atoms with van der Waals surface area (Å²) in [7, 11) is 0. The van der Waals surface area contributed by atoms with E-state index in [-0.39, 0.29) is 0 Å². The second-order valence-corrected chi connectivity index (χ2v) is 7.16. The SMILES string of the molecule is O=C(NN1C(=O)C=CC1=O)C(=O)NN1C(=O)C=CC1=O.O=C1C=CC(=O)N1C(O)C(O)N1C(=O)C=CC1=O. The Morgan fingerprint density at radius 3 is 0.921 bits per heavy atom. The first-order chi connectivity index (χ1) is 17.8. The van der Waals surface area contributed by atoms with Gasteiger partial charge in [0.05, 0.1) is 0 Å². The summed E-state index contributed by atoms with van der Waals surface area (Å²) in [6, 6.07) is 0. The van der Waals surface area contributed by atoms with Crippen molar-refractivity contribution in [2.24, 2.45) is 0 Å². The van der Waals surface area contributed by atoms with Crippen molar-refractivity contribution in [3.05, 3.63) is 48.6 Å². The van der Waals surface area contributed by atoms with Gasteiger partial charge in [0.1, 0.15) is 0 Å². The molecule has 0 radical (unpaired) electrons. The molecule has 2 atom stereocenters. The van der Waals surface area contributed by atoms with Gasteiger partial charge in [0, 0.05) is 48.6 Å². The Balaban J connectivity index is 0.000000212.